The largest absolute Gasteiger partial charge is 0.357 e. The van der Waals surface area contributed by atoms with Crippen LogP contribution in [-0.4, -0.2) is 10.2 Å². The molecule has 0 radical (unpaired) electrons. The van der Waals surface area contributed by atoms with Crippen LogP contribution in [0.3, 0.4) is 0 Å². The van der Waals surface area contributed by atoms with Crippen molar-refractivity contribution in [3.8, 4) is 0 Å². The van der Waals surface area contributed by atoms with Gasteiger partial charge >= 0.3 is 0 Å². The minimum absolute atomic E-state index is 0.459. The van der Waals surface area contributed by atoms with Crippen LogP contribution in [-0.2, 0) is 6.54 Å². The molecule has 6 heteroatoms. The topological polar surface area (TPSA) is 48.1 Å². The molecule has 0 atom stereocenters. The molecule has 0 saturated carbocycles. The molecular formula is C17H20N4S2. The van der Waals surface area contributed by atoms with Crippen LogP contribution in [0, 0.1) is 13.8 Å². The van der Waals surface area contributed by atoms with Crippen LogP contribution in [0.5, 0.6) is 0 Å². The van der Waals surface area contributed by atoms with Crippen molar-refractivity contribution in [2.45, 2.75) is 20.4 Å². The van der Waals surface area contributed by atoms with E-state index in [4.69, 9.17) is 24.4 Å². The quantitative estimate of drug-likeness (QED) is 0.507. The summed E-state index contributed by atoms with van der Waals surface area (Å²) in [6, 6.07) is 16.2. The lowest BCUT2D eigenvalue weighted by atomic mass is 10.1. The molecule has 0 aliphatic carbocycles. The number of anilines is 1. The lowest BCUT2D eigenvalue weighted by molar-refractivity contribution is 0.809. The van der Waals surface area contributed by atoms with Crippen LogP contribution < -0.4 is 21.5 Å². The van der Waals surface area contributed by atoms with Gasteiger partial charge in [-0.3, -0.25) is 10.9 Å². The monoisotopic (exact) mass is 344 g/mol. The van der Waals surface area contributed by atoms with Crippen molar-refractivity contribution in [2.24, 2.45) is 0 Å². The summed E-state index contributed by atoms with van der Waals surface area (Å²) in [4.78, 5) is 0. The van der Waals surface area contributed by atoms with Gasteiger partial charge in [-0.2, -0.15) is 0 Å². The lowest BCUT2D eigenvalue weighted by Gasteiger charge is -2.15. The zero-order valence-electron chi connectivity index (χ0n) is 13.1. The van der Waals surface area contributed by atoms with E-state index in [1.807, 2.05) is 49.4 Å². The fourth-order valence-electron chi connectivity index (χ4n) is 2.04. The summed E-state index contributed by atoms with van der Waals surface area (Å²) in [7, 11) is 0. The Morgan fingerprint density at radius 2 is 1.61 bits per heavy atom. The molecule has 2 aromatic carbocycles. The Morgan fingerprint density at radius 3 is 2.30 bits per heavy atom. The number of rotatable bonds is 3. The van der Waals surface area contributed by atoms with E-state index in [-0.39, 0.29) is 0 Å². The minimum atomic E-state index is 0.459. The third-order valence-electron chi connectivity index (χ3n) is 3.22. The maximum Gasteiger partial charge on any atom is 0.189 e. The molecule has 0 fully saturated rings. The molecule has 4 N–H and O–H groups in total. The van der Waals surface area contributed by atoms with Crippen molar-refractivity contribution in [3.63, 3.8) is 0 Å². The average molecular weight is 345 g/mol. The van der Waals surface area contributed by atoms with Crippen LogP contribution >= 0.6 is 24.4 Å². The van der Waals surface area contributed by atoms with Crippen LogP contribution in [0.1, 0.15) is 16.7 Å². The van der Waals surface area contributed by atoms with Crippen LogP contribution in [0.4, 0.5) is 5.69 Å². The molecule has 2 aromatic rings. The molecule has 0 spiro atoms. The summed E-state index contributed by atoms with van der Waals surface area (Å²) in [6.07, 6.45) is 0. The predicted molar refractivity (Wildman–Crippen MR) is 104 cm³/mol. The third kappa shape index (κ3) is 5.84. The van der Waals surface area contributed by atoms with Crippen molar-refractivity contribution in [3.05, 3.63) is 65.2 Å². The van der Waals surface area contributed by atoms with Crippen molar-refractivity contribution >= 4 is 40.3 Å². The molecule has 0 heterocycles. The maximum absolute atomic E-state index is 5.25. The van der Waals surface area contributed by atoms with Crippen molar-refractivity contribution in [2.75, 3.05) is 5.32 Å². The Morgan fingerprint density at radius 1 is 0.913 bits per heavy atom. The highest BCUT2D eigenvalue weighted by molar-refractivity contribution is 7.80. The molecule has 4 nitrogen and oxygen atoms in total. The smallest absolute Gasteiger partial charge is 0.189 e. The molecule has 23 heavy (non-hydrogen) atoms. The normalized spacial score (nSPS) is 9.83. The van der Waals surface area contributed by atoms with Gasteiger partial charge in [-0.15, -0.1) is 0 Å². The molecule has 0 aliphatic heterocycles. The summed E-state index contributed by atoms with van der Waals surface area (Å²) in [6.45, 7) is 4.76. The Balaban J connectivity index is 1.74. The average Bonchev–Trinajstić information content (AvgIpc) is 2.54. The standard InChI is InChI=1S/C17H20N4S2/c1-12-8-9-15(13(2)10-12)19-17(23)21-20-16(22)18-11-14-6-4-3-5-7-14/h3-10H,11H2,1-2H3,(H2,18,20,22)(H2,19,21,23). The van der Waals surface area contributed by atoms with Gasteiger partial charge in [0.15, 0.2) is 10.2 Å². The predicted octanol–water partition coefficient (Wildman–Crippen LogP) is 3.17. The van der Waals surface area contributed by atoms with Crippen LogP contribution in [0.2, 0.25) is 0 Å². The first-order valence-corrected chi connectivity index (χ1v) is 8.08. The zero-order chi connectivity index (χ0) is 16.7. The number of hydrogen-bond acceptors (Lipinski definition) is 2. The van der Waals surface area contributed by atoms with Crippen molar-refractivity contribution in [1.82, 2.24) is 16.2 Å². The highest BCUT2D eigenvalue weighted by atomic mass is 32.1. The fraction of sp³-hybridized carbons (Fsp3) is 0.176. The second-order valence-corrected chi connectivity index (χ2v) is 6.01. The van der Waals surface area contributed by atoms with Gasteiger partial charge in [0.2, 0.25) is 0 Å². The Labute approximate surface area is 147 Å². The van der Waals surface area contributed by atoms with Crippen molar-refractivity contribution < 1.29 is 0 Å². The van der Waals surface area contributed by atoms with E-state index in [0.29, 0.717) is 16.8 Å². The third-order valence-corrected chi connectivity index (χ3v) is 3.67. The summed E-state index contributed by atoms with van der Waals surface area (Å²) < 4.78 is 0. The van der Waals surface area contributed by atoms with Crippen LogP contribution in [0.25, 0.3) is 0 Å². The van der Waals surface area contributed by atoms with Gasteiger partial charge in [0.05, 0.1) is 0 Å². The van der Waals surface area contributed by atoms with Gasteiger partial charge in [0.1, 0.15) is 0 Å². The molecule has 2 rings (SSSR count). The first-order valence-electron chi connectivity index (χ1n) is 7.26. The van der Waals surface area contributed by atoms with Crippen molar-refractivity contribution in [1.29, 1.82) is 0 Å². The van der Waals surface area contributed by atoms with Crippen LogP contribution in [0.15, 0.2) is 48.5 Å². The highest BCUT2D eigenvalue weighted by Gasteiger charge is 2.02. The van der Waals surface area contributed by atoms with Gasteiger partial charge in [-0.05, 0) is 55.5 Å². The molecule has 0 amide bonds. The van der Waals surface area contributed by atoms with E-state index in [2.05, 4.69) is 34.5 Å². The number of hydrogen-bond donors (Lipinski definition) is 4. The molecule has 0 aliphatic rings. The van der Waals surface area contributed by atoms with E-state index >= 15 is 0 Å². The second-order valence-electron chi connectivity index (χ2n) is 5.19. The molecule has 0 unspecified atom stereocenters. The lowest BCUT2D eigenvalue weighted by Crippen LogP contribution is -2.48. The van der Waals surface area contributed by atoms with Gasteiger partial charge in [0.25, 0.3) is 0 Å². The first-order chi connectivity index (χ1) is 11.0. The summed E-state index contributed by atoms with van der Waals surface area (Å²) in [5.74, 6) is 0. The molecule has 120 valence electrons. The van der Waals surface area contributed by atoms with E-state index in [9.17, 15) is 0 Å². The Hall–Kier alpha value is -2.18. The van der Waals surface area contributed by atoms with E-state index < -0.39 is 0 Å². The SMILES string of the molecule is Cc1ccc(NC(=S)NNC(=S)NCc2ccccc2)c(C)c1. The first kappa shape index (κ1) is 17.2. The van der Waals surface area contributed by atoms with Gasteiger partial charge in [-0.25, -0.2) is 0 Å². The molecular weight excluding hydrogens is 324 g/mol. The highest BCUT2D eigenvalue weighted by Crippen LogP contribution is 2.15. The summed E-state index contributed by atoms with van der Waals surface area (Å²) in [5.41, 5.74) is 10.2. The number of thiocarbonyl (C=S) groups is 2. The Kier molecular flexibility index (Phi) is 6.31. The van der Waals surface area contributed by atoms with E-state index in [1.54, 1.807) is 0 Å². The number of nitrogens with one attached hydrogen (secondary N) is 4. The van der Waals surface area contributed by atoms with Gasteiger partial charge in [-0.1, -0.05) is 48.0 Å². The zero-order valence-corrected chi connectivity index (χ0v) is 14.8. The van der Waals surface area contributed by atoms with E-state index in [1.165, 1.54) is 5.56 Å². The number of aryl methyl sites for hydroxylation is 2. The maximum atomic E-state index is 5.25. The van der Waals surface area contributed by atoms with Gasteiger partial charge in [0, 0.05) is 12.2 Å². The van der Waals surface area contributed by atoms with E-state index in [0.717, 1.165) is 16.8 Å². The molecule has 0 aromatic heterocycles. The molecule has 0 bridgehead atoms. The van der Waals surface area contributed by atoms with Gasteiger partial charge < -0.3 is 10.6 Å². The molecule has 0 saturated heterocycles. The number of hydrazine groups is 1. The minimum Gasteiger partial charge on any atom is -0.357 e. The fourth-order valence-corrected chi connectivity index (χ4v) is 2.33. The Bertz CT molecular complexity index is 686. The second kappa shape index (κ2) is 8.45. The summed E-state index contributed by atoms with van der Waals surface area (Å²) in [5, 5.41) is 7.19. The summed E-state index contributed by atoms with van der Waals surface area (Å²) >= 11 is 10.5. The number of benzene rings is 2.